The van der Waals surface area contributed by atoms with Crippen molar-refractivity contribution >= 4 is 10.9 Å². The summed E-state index contributed by atoms with van der Waals surface area (Å²) in [5.41, 5.74) is 0.377. The monoisotopic (exact) mass is 203 g/mol. The molecule has 2 heterocycles. The third-order valence-corrected chi connectivity index (χ3v) is 2.22. The van der Waals surface area contributed by atoms with E-state index in [-0.39, 0.29) is 11.0 Å². The lowest BCUT2D eigenvalue weighted by atomic mass is 9.95. The topological polar surface area (TPSA) is 58.6 Å². The molecule has 4 heteroatoms. The molecule has 0 spiro atoms. The molecule has 2 aromatic heterocycles. The fourth-order valence-electron chi connectivity index (χ4n) is 1.35. The summed E-state index contributed by atoms with van der Waals surface area (Å²) in [4.78, 5) is 22.9. The van der Waals surface area contributed by atoms with Crippen LogP contribution in [0, 0.1) is 0 Å². The molecule has 0 aromatic carbocycles. The minimum absolute atomic E-state index is 0.104. The summed E-state index contributed by atoms with van der Waals surface area (Å²) in [6.45, 7) is 6.02. The Bertz CT molecular complexity index is 551. The van der Waals surface area contributed by atoms with Crippen LogP contribution in [0.4, 0.5) is 0 Å². The molecule has 1 N–H and O–H groups in total. The van der Waals surface area contributed by atoms with E-state index in [0.29, 0.717) is 16.7 Å². The van der Waals surface area contributed by atoms with Crippen LogP contribution in [0.25, 0.3) is 10.9 Å². The van der Waals surface area contributed by atoms with Gasteiger partial charge in [-0.25, -0.2) is 4.98 Å². The molecule has 0 unspecified atom stereocenters. The van der Waals surface area contributed by atoms with E-state index < -0.39 is 0 Å². The molecule has 0 fully saturated rings. The molecule has 0 aliphatic carbocycles. The average molecular weight is 203 g/mol. The summed E-state index contributed by atoms with van der Waals surface area (Å²) in [7, 11) is 0. The minimum atomic E-state index is -0.164. The first-order valence-corrected chi connectivity index (χ1v) is 4.83. The van der Waals surface area contributed by atoms with Crippen molar-refractivity contribution in [2.45, 2.75) is 26.2 Å². The van der Waals surface area contributed by atoms with Crippen LogP contribution in [0.5, 0.6) is 0 Å². The maximum Gasteiger partial charge on any atom is 0.258 e. The van der Waals surface area contributed by atoms with Gasteiger partial charge in [-0.1, -0.05) is 20.8 Å². The molecule has 0 radical (unpaired) electrons. The van der Waals surface area contributed by atoms with E-state index in [0.717, 1.165) is 0 Å². The van der Waals surface area contributed by atoms with E-state index in [9.17, 15) is 4.79 Å². The Hall–Kier alpha value is -1.71. The van der Waals surface area contributed by atoms with E-state index in [2.05, 4.69) is 15.0 Å². The van der Waals surface area contributed by atoms with Gasteiger partial charge in [-0.05, 0) is 6.07 Å². The molecule has 0 saturated heterocycles. The van der Waals surface area contributed by atoms with Gasteiger partial charge in [-0.2, -0.15) is 0 Å². The van der Waals surface area contributed by atoms with Crippen molar-refractivity contribution in [3.63, 3.8) is 0 Å². The SMILES string of the molecule is CC(C)(C)c1nc2cnccc2c(=O)[nH]1. The second-order valence-electron chi connectivity index (χ2n) is 4.56. The highest BCUT2D eigenvalue weighted by Crippen LogP contribution is 2.17. The quantitative estimate of drug-likeness (QED) is 0.707. The Morgan fingerprint density at radius 2 is 2.07 bits per heavy atom. The molecular formula is C11H13N3O. The second-order valence-corrected chi connectivity index (χ2v) is 4.56. The lowest BCUT2D eigenvalue weighted by Crippen LogP contribution is -2.22. The molecule has 0 saturated carbocycles. The van der Waals surface area contributed by atoms with Crippen LogP contribution in [-0.2, 0) is 5.41 Å². The lowest BCUT2D eigenvalue weighted by Gasteiger charge is -2.16. The highest BCUT2D eigenvalue weighted by Gasteiger charge is 2.17. The van der Waals surface area contributed by atoms with E-state index >= 15 is 0 Å². The van der Waals surface area contributed by atoms with Crippen molar-refractivity contribution in [2.75, 3.05) is 0 Å². The summed E-state index contributed by atoms with van der Waals surface area (Å²) < 4.78 is 0. The molecule has 0 bridgehead atoms. The zero-order valence-electron chi connectivity index (χ0n) is 9.03. The highest BCUT2D eigenvalue weighted by atomic mass is 16.1. The Morgan fingerprint density at radius 3 is 2.73 bits per heavy atom. The predicted octanol–water partition coefficient (Wildman–Crippen LogP) is 1.62. The summed E-state index contributed by atoms with van der Waals surface area (Å²) in [5, 5.41) is 0.581. The molecule has 0 atom stereocenters. The molecule has 0 aliphatic heterocycles. The van der Waals surface area contributed by atoms with Crippen LogP contribution in [0.3, 0.4) is 0 Å². The zero-order valence-corrected chi connectivity index (χ0v) is 9.03. The van der Waals surface area contributed by atoms with Crippen molar-refractivity contribution in [1.82, 2.24) is 15.0 Å². The van der Waals surface area contributed by atoms with Gasteiger partial charge in [-0.15, -0.1) is 0 Å². The van der Waals surface area contributed by atoms with Gasteiger partial charge in [0.1, 0.15) is 5.82 Å². The number of pyridine rings is 1. The van der Waals surface area contributed by atoms with E-state index in [1.54, 1.807) is 18.5 Å². The van der Waals surface area contributed by atoms with Gasteiger partial charge in [0, 0.05) is 11.6 Å². The molecule has 2 aromatic rings. The fraction of sp³-hybridized carbons (Fsp3) is 0.364. The van der Waals surface area contributed by atoms with Gasteiger partial charge < -0.3 is 4.98 Å². The first-order valence-electron chi connectivity index (χ1n) is 4.83. The summed E-state index contributed by atoms with van der Waals surface area (Å²) in [6, 6.07) is 1.67. The fourth-order valence-corrected chi connectivity index (χ4v) is 1.35. The summed E-state index contributed by atoms with van der Waals surface area (Å²) in [6.07, 6.45) is 3.20. The van der Waals surface area contributed by atoms with Gasteiger partial charge in [0.2, 0.25) is 0 Å². The number of nitrogens with zero attached hydrogens (tertiary/aromatic N) is 2. The third-order valence-electron chi connectivity index (χ3n) is 2.22. The third kappa shape index (κ3) is 1.75. The van der Waals surface area contributed by atoms with Crippen molar-refractivity contribution < 1.29 is 0 Å². The van der Waals surface area contributed by atoms with Crippen molar-refractivity contribution in [3.05, 3.63) is 34.6 Å². The number of nitrogens with one attached hydrogen (secondary N) is 1. The van der Waals surface area contributed by atoms with Crippen molar-refractivity contribution in [3.8, 4) is 0 Å². The number of fused-ring (bicyclic) bond motifs is 1. The Kier molecular flexibility index (Phi) is 2.07. The number of aromatic amines is 1. The van der Waals surface area contributed by atoms with E-state index in [1.807, 2.05) is 20.8 Å². The van der Waals surface area contributed by atoms with Gasteiger partial charge in [0.15, 0.2) is 0 Å². The first kappa shape index (κ1) is 9.83. The van der Waals surface area contributed by atoms with Gasteiger partial charge in [0.05, 0.1) is 17.1 Å². The number of rotatable bonds is 0. The van der Waals surface area contributed by atoms with Crippen LogP contribution in [0.1, 0.15) is 26.6 Å². The molecule has 4 nitrogen and oxygen atoms in total. The number of aromatic nitrogens is 3. The summed E-state index contributed by atoms with van der Waals surface area (Å²) >= 11 is 0. The van der Waals surface area contributed by atoms with Crippen molar-refractivity contribution in [1.29, 1.82) is 0 Å². The molecule has 0 aliphatic rings. The van der Waals surface area contributed by atoms with Gasteiger partial charge in [-0.3, -0.25) is 9.78 Å². The smallest absolute Gasteiger partial charge is 0.258 e. The van der Waals surface area contributed by atoms with E-state index in [4.69, 9.17) is 0 Å². The molecule has 78 valence electrons. The number of hydrogen-bond acceptors (Lipinski definition) is 3. The standard InChI is InChI=1S/C11H13N3O/c1-11(2,3)10-13-8-6-12-5-4-7(8)9(15)14-10/h4-6H,1-3H3,(H,13,14,15). The van der Waals surface area contributed by atoms with Crippen LogP contribution >= 0.6 is 0 Å². The zero-order chi connectivity index (χ0) is 11.1. The molecule has 2 rings (SSSR count). The van der Waals surface area contributed by atoms with Crippen molar-refractivity contribution in [2.24, 2.45) is 0 Å². The lowest BCUT2D eigenvalue weighted by molar-refractivity contribution is 0.546. The Labute approximate surface area is 87.4 Å². The second kappa shape index (κ2) is 3.15. The normalized spacial score (nSPS) is 11.9. The van der Waals surface area contributed by atoms with Gasteiger partial charge >= 0.3 is 0 Å². The number of H-pyrrole nitrogens is 1. The average Bonchev–Trinajstić information content (AvgIpc) is 2.16. The van der Waals surface area contributed by atoms with Crippen LogP contribution in [-0.4, -0.2) is 15.0 Å². The summed E-state index contributed by atoms with van der Waals surface area (Å²) in [5.74, 6) is 0.688. The predicted molar refractivity (Wildman–Crippen MR) is 58.9 cm³/mol. The highest BCUT2D eigenvalue weighted by molar-refractivity contribution is 5.76. The van der Waals surface area contributed by atoms with E-state index in [1.165, 1.54) is 0 Å². The molecule has 15 heavy (non-hydrogen) atoms. The molecule has 0 amide bonds. The van der Waals surface area contributed by atoms with Crippen LogP contribution in [0.15, 0.2) is 23.3 Å². The molecular weight excluding hydrogens is 190 g/mol. The van der Waals surface area contributed by atoms with Crippen LogP contribution < -0.4 is 5.56 Å². The first-order chi connectivity index (χ1) is 6.98. The van der Waals surface area contributed by atoms with Gasteiger partial charge in [0.25, 0.3) is 5.56 Å². The largest absolute Gasteiger partial charge is 0.310 e. The Balaban J connectivity index is 2.79. The number of hydrogen-bond donors (Lipinski definition) is 1. The maximum atomic E-state index is 11.7. The maximum absolute atomic E-state index is 11.7. The van der Waals surface area contributed by atoms with Crippen LogP contribution in [0.2, 0.25) is 0 Å². The minimum Gasteiger partial charge on any atom is -0.310 e. The Morgan fingerprint density at radius 1 is 1.33 bits per heavy atom.